The Hall–Kier alpha value is -1.93. The molecule has 1 saturated heterocycles. The monoisotopic (exact) mass is 307 g/mol. The smallest absolute Gasteiger partial charge is 0.130 e. The largest absolute Gasteiger partial charge is 0.289 e. The molecule has 0 radical (unpaired) electrons. The molecule has 2 aliphatic heterocycles. The number of fused-ring (bicyclic) bond motifs is 2. The first-order valence-corrected chi connectivity index (χ1v) is 8.47. The molecule has 1 fully saturated rings. The highest BCUT2D eigenvalue weighted by molar-refractivity contribution is 5.69. The Morgan fingerprint density at radius 1 is 1.09 bits per heavy atom. The van der Waals surface area contributed by atoms with Crippen molar-refractivity contribution in [1.82, 2.24) is 4.90 Å². The zero-order chi connectivity index (χ0) is 15.8. The zero-order valence-electron chi connectivity index (χ0n) is 13.5. The van der Waals surface area contributed by atoms with E-state index in [9.17, 15) is 4.39 Å². The molecule has 0 amide bonds. The highest BCUT2D eigenvalue weighted by Crippen LogP contribution is 2.40. The molecule has 4 rings (SSSR count). The Kier molecular flexibility index (Phi) is 3.78. The third-order valence-electron chi connectivity index (χ3n) is 5.22. The van der Waals surface area contributed by atoms with Crippen LogP contribution < -0.4 is 0 Å². The second-order valence-corrected chi connectivity index (χ2v) is 6.84. The van der Waals surface area contributed by atoms with Crippen LogP contribution in [0, 0.1) is 12.7 Å². The van der Waals surface area contributed by atoms with Crippen molar-refractivity contribution in [3.8, 4) is 0 Å². The van der Waals surface area contributed by atoms with E-state index >= 15 is 0 Å². The Morgan fingerprint density at radius 3 is 2.70 bits per heavy atom. The first-order chi connectivity index (χ1) is 11.2. The van der Waals surface area contributed by atoms with Crippen LogP contribution in [0.3, 0.4) is 0 Å². The fourth-order valence-corrected chi connectivity index (χ4v) is 4.04. The second-order valence-electron chi connectivity index (χ2n) is 6.84. The SMILES string of the molecule is Cc1ccc(F)c(C2=CC3CCC(C2)N3Cc2ccccc2)c1. The van der Waals surface area contributed by atoms with Crippen LogP contribution in [-0.4, -0.2) is 17.0 Å². The molecule has 2 aromatic carbocycles. The Bertz CT molecular complexity index is 735. The first kappa shape index (κ1) is 14.6. The maximum atomic E-state index is 14.2. The van der Waals surface area contributed by atoms with Crippen molar-refractivity contribution >= 4 is 5.57 Å². The molecule has 0 aliphatic carbocycles. The summed E-state index contributed by atoms with van der Waals surface area (Å²) in [4.78, 5) is 2.59. The van der Waals surface area contributed by atoms with Gasteiger partial charge in [-0.25, -0.2) is 4.39 Å². The van der Waals surface area contributed by atoms with Crippen LogP contribution in [0.5, 0.6) is 0 Å². The molecular weight excluding hydrogens is 285 g/mol. The molecule has 2 bridgehead atoms. The van der Waals surface area contributed by atoms with E-state index in [1.807, 2.05) is 19.1 Å². The number of benzene rings is 2. The number of halogens is 1. The van der Waals surface area contributed by atoms with E-state index in [0.717, 1.165) is 24.1 Å². The minimum atomic E-state index is -0.0854. The topological polar surface area (TPSA) is 3.24 Å². The standard InChI is InChI=1S/C21H22FN/c1-15-7-10-21(22)20(11-15)17-12-18-8-9-19(13-17)23(18)14-16-5-3-2-4-6-16/h2-7,10-12,18-19H,8-9,13-14H2,1H3. The highest BCUT2D eigenvalue weighted by Gasteiger charge is 2.36. The number of aryl methyl sites for hydroxylation is 1. The molecule has 2 heterocycles. The molecule has 0 saturated carbocycles. The van der Waals surface area contributed by atoms with Gasteiger partial charge >= 0.3 is 0 Å². The minimum absolute atomic E-state index is 0.0854. The van der Waals surface area contributed by atoms with E-state index < -0.39 is 0 Å². The summed E-state index contributed by atoms with van der Waals surface area (Å²) < 4.78 is 14.2. The summed E-state index contributed by atoms with van der Waals surface area (Å²) >= 11 is 0. The summed E-state index contributed by atoms with van der Waals surface area (Å²) in [7, 11) is 0. The lowest BCUT2D eigenvalue weighted by molar-refractivity contribution is 0.203. The van der Waals surface area contributed by atoms with Crippen LogP contribution in [0.25, 0.3) is 5.57 Å². The van der Waals surface area contributed by atoms with Gasteiger partial charge in [0, 0.05) is 24.2 Å². The van der Waals surface area contributed by atoms with Crippen LogP contribution >= 0.6 is 0 Å². The van der Waals surface area contributed by atoms with E-state index in [0.29, 0.717) is 12.1 Å². The van der Waals surface area contributed by atoms with Crippen LogP contribution in [0.4, 0.5) is 4.39 Å². The molecule has 2 atom stereocenters. The number of hydrogen-bond donors (Lipinski definition) is 0. The van der Waals surface area contributed by atoms with E-state index in [4.69, 9.17) is 0 Å². The Balaban J connectivity index is 1.60. The molecule has 0 aromatic heterocycles. The van der Waals surface area contributed by atoms with Gasteiger partial charge in [-0.2, -0.15) is 0 Å². The molecule has 2 unspecified atom stereocenters. The number of nitrogens with zero attached hydrogens (tertiary/aromatic N) is 1. The fourth-order valence-electron chi connectivity index (χ4n) is 4.04. The van der Waals surface area contributed by atoms with Crippen molar-refractivity contribution < 1.29 is 4.39 Å². The predicted molar refractivity (Wildman–Crippen MR) is 92.5 cm³/mol. The molecule has 2 heteroatoms. The third-order valence-corrected chi connectivity index (χ3v) is 5.22. The Labute approximate surface area is 137 Å². The van der Waals surface area contributed by atoms with Crippen molar-refractivity contribution in [3.63, 3.8) is 0 Å². The molecule has 1 nitrogen and oxygen atoms in total. The van der Waals surface area contributed by atoms with E-state index in [-0.39, 0.29) is 5.82 Å². The third kappa shape index (κ3) is 2.84. The minimum Gasteiger partial charge on any atom is -0.289 e. The normalized spacial score (nSPS) is 23.8. The van der Waals surface area contributed by atoms with Crippen LogP contribution in [-0.2, 0) is 6.54 Å². The average molecular weight is 307 g/mol. The first-order valence-electron chi connectivity index (χ1n) is 8.47. The van der Waals surface area contributed by atoms with Gasteiger partial charge in [0.15, 0.2) is 0 Å². The lowest BCUT2D eigenvalue weighted by Crippen LogP contribution is -2.37. The van der Waals surface area contributed by atoms with Gasteiger partial charge in [0.1, 0.15) is 5.82 Å². The van der Waals surface area contributed by atoms with Gasteiger partial charge in [0.2, 0.25) is 0 Å². The lowest BCUT2D eigenvalue weighted by Gasteiger charge is -2.34. The molecular formula is C21H22FN. The van der Waals surface area contributed by atoms with Gasteiger partial charge in [-0.15, -0.1) is 0 Å². The summed E-state index contributed by atoms with van der Waals surface area (Å²) in [6.45, 7) is 3.03. The predicted octanol–water partition coefficient (Wildman–Crippen LogP) is 4.95. The lowest BCUT2D eigenvalue weighted by atomic mass is 9.93. The van der Waals surface area contributed by atoms with Crippen molar-refractivity contribution in [3.05, 3.63) is 77.1 Å². The fraction of sp³-hybridized carbons (Fsp3) is 0.333. The van der Waals surface area contributed by atoms with Crippen molar-refractivity contribution in [2.24, 2.45) is 0 Å². The molecule has 2 aromatic rings. The van der Waals surface area contributed by atoms with E-state index in [2.05, 4.69) is 41.3 Å². The van der Waals surface area contributed by atoms with Crippen molar-refractivity contribution in [1.29, 1.82) is 0 Å². The van der Waals surface area contributed by atoms with Gasteiger partial charge in [-0.3, -0.25) is 4.90 Å². The van der Waals surface area contributed by atoms with E-state index in [1.165, 1.54) is 24.0 Å². The maximum absolute atomic E-state index is 14.2. The maximum Gasteiger partial charge on any atom is 0.130 e. The van der Waals surface area contributed by atoms with Crippen LogP contribution in [0.1, 0.15) is 36.0 Å². The average Bonchev–Trinajstić information content (AvgIpc) is 2.80. The zero-order valence-corrected chi connectivity index (χ0v) is 13.5. The van der Waals surface area contributed by atoms with Crippen LogP contribution in [0.2, 0.25) is 0 Å². The van der Waals surface area contributed by atoms with Gasteiger partial charge in [0.25, 0.3) is 0 Å². The van der Waals surface area contributed by atoms with Gasteiger partial charge in [-0.1, -0.05) is 48.0 Å². The Morgan fingerprint density at radius 2 is 1.91 bits per heavy atom. The molecule has 118 valence electrons. The summed E-state index contributed by atoms with van der Waals surface area (Å²) in [6.07, 6.45) is 5.67. The molecule has 23 heavy (non-hydrogen) atoms. The summed E-state index contributed by atoms with van der Waals surface area (Å²) in [5, 5.41) is 0. The van der Waals surface area contributed by atoms with Gasteiger partial charge in [-0.05, 0) is 49.5 Å². The van der Waals surface area contributed by atoms with Gasteiger partial charge in [0.05, 0.1) is 0 Å². The summed E-state index contributed by atoms with van der Waals surface area (Å²) in [6, 6.07) is 17.1. The molecule has 0 spiro atoms. The molecule has 2 aliphatic rings. The van der Waals surface area contributed by atoms with Crippen LogP contribution in [0.15, 0.2) is 54.6 Å². The summed E-state index contributed by atoms with van der Waals surface area (Å²) in [5.41, 5.74) is 4.49. The van der Waals surface area contributed by atoms with Crippen molar-refractivity contribution in [2.45, 2.75) is 44.8 Å². The van der Waals surface area contributed by atoms with E-state index in [1.54, 1.807) is 6.07 Å². The number of hydrogen-bond acceptors (Lipinski definition) is 1. The quantitative estimate of drug-likeness (QED) is 0.775. The van der Waals surface area contributed by atoms with Crippen molar-refractivity contribution in [2.75, 3.05) is 0 Å². The number of rotatable bonds is 3. The highest BCUT2D eigenvalue weighted by atomic mass is 19.1. The van der Waals surface area contributed by atoms with Gasteiger partial charge < -0.3 is 0 Å². The second kappa shape index (κ2) is 5.93. The molecule has 0 N–H and O–H groups in total. The summed E-state index contributed by atoms with van der Waals surface area (Å²) in [5.74, 6) is -0.0854.